The zero-order chi connectivity index (χ0) is 13.1. The van der Waals surface area contributed by atoms with Crippen molar-refractivity contribution in [1.82, 2.24) is 14.8 Å². The molecule has 0 amide bonds. The van der Waals surface area contributed by atoms with E-state index in [4.69, 9.17) is 0 Å². The average Bonchev–Trinajstić information content (AvgIpc) is 2.86. The lowest BCUT2D eigenvalue weighted by atomic mass is 10.00. The summed E-state index contributed by atoms with van der Waals surface area (Å²) >= 11 is 0. The maximum Gasteiger partial charge on any atom is 0.138 e. The molecular weight excluding hydrogens is 236 g/mol. The molecule has 0 saturated carbocycles. The molecule has 1 aromatic heterocycles. The van der Waals surface area contributed by atoms with E-state index in [9.17, 15) is 0 Å². The van der Waals surface area contributed by atoms with Gasteiger partial charge in [-0.05, 0) is 36.5 Å². The maximum atomic E-state index is 4.37. The van der Waals surface area contributed by atoms with E-state index in [-0.39, 0.29) is 0 Å². The van der Waals surface area contributed by atoms with Crippen LogP contribution in [0.25, 0.3) is 0 Å². The molecule has 1 N–H and O–H groups in total. The third-order valence-corrected chi connectivity index (χ3v) is 3.61. The molecule has 0 unspecified atom stereocenters. The van der Waals surface area contributed by atoms with Crippen LogP contribution in [0.1, 0.15) is 36.7 Å². The summed E-state index contributed by atoms with van der Waals surface area (Å²) in [4.78, 5) is 4.37. The molecule has 1 aliphatic heterocycles. The van der Waals surface area contributed by atoms with Crippen molar-refractivity contribution in [3.8, 4) is 0 Å². The number of nitrogens with one attached hydrogen (secondary N) is 1. The Labute approximate surface area is 113 Å². The van der Waals surface area contributed by atoms with E-state index in [1.54, 1.807) is 6.33 Å². The van der Waals surface area contributed by atoms with Crippen molar-refractivity contribution in [1.29, 1.82) is 0 Å². The Morgan fingerprint density at radius 2 is 2.32 bits per heavy atom. The van der Waals surface area contributed by atoms with Gasteiger partial charge in [0.15, 0.2) is 0 Å². The van der Waals surface area contributed by atoms with Gasteiger partial charge in [0.05, 0.1) is 0 Å². The molecule has 1 aliphatic rings. The van der Waals surface area contributed by atoms with Crippen LogP contribution in [0.15, 0.2) is 24.5 Å². The largest absolute Gasteiger partial charge is 0.385 e. The van der Waals surface area contributed by atoms with Crippen molar-refractivity contribution in [3.05, 3.63) is 41.5 Å². The number of hydrogen-bond donors (Lipinski definition) is 1. The summed E-state index contributed by atoms with van der Waals surface area (Å²) in [6.07, 6.45) is 6.02. The molecule has 4 heteroatoms. The highest BCUT2D eigenvalue weighted by molar-refractivity contribution is 5.55. The maximum absolute atomic E-state index is 4.37. The Hall–Kier alpha value is -1.84. The van der Waals surface area contributed by atoms with Gasteiger partial charge in [-0.3, -0.25) is 0 Å². The van der Waals surface area contributed by atoms with Gasteiger partial charge in [0.1, 0.15) is 12.2 Å². The number of anilines is 1. The summed E-state index contributed by atoms with van der Waals surface area (Å²) in [7, 11) is 0. The first-order valence-electron chi connectivity index (χ1n) is 7.09. The van der Waals surface area contributed by atoms with E-state index >= 15 is 0 Å². The Morgan fingerprint density at radius 3 is 3.21 bits per heavy atom. The normalized spacial score (nSPS) is 13.9. The fourth-order valence-corrected chi connectivity index (χ4v) is 2.62. The zero-order valence-electron chi connectivity index (χ0n) is 11.4. The molecule has 0 aliphatic carbocycles. The minimum Gasteiger partial charge on any atom is -0.385 e. The van der Waals surface area contributed by atoms with Crippen molar-refractivity contribution in [3.63, 3.8) is 0 Å². The van der Waals surface area contributed by atoms with Gasteiger partial charge in [0.25, 0.3) is 0 Å². The van der Waals surface area contributed by atoms with Crippen LogP contribution >= 0.6 is 0 Å². The van der Waals surface area contributed by atoms with Crippen LogP contribution in [0.2, 0.25) is 0 Å². The van der Waals surface area contributed by atoms with Crippen LogP contribution < -0.4 is 5.32 Å². The molecule has 0 saturated heterocycles. The summed E-state index contributed by atoms with van der Waals surface area (Å²) in [5.74, 6) is 1.05. The summed E-state index contributed by atoms with van der Waals surface area (Å²) in [5.41, 5.74) is 4.04. The number of fused-ring (bicyclic) bond motifs is 1. The molecule has 2 heterocycles. The Morgan fingerprint density at radius 1 is 1.37 bits per heavy atom. The van der Waals surface area contributed by atoms with Gasteiger partial charge in [0, 0.05) is 25.2 Å². The Bertz CT molecular complexity index is 559. The topological polar surface area (TPSA) is 42.7 Å². The van der Waals surface area contributed by atoms with Crippen molar-refractivity contribution >= 4 is 5.69 Å². The zero-order valence-corrected chi connectivity index (χ0v) is 11.4. The highest BCUT2D eigenvalue weighted by Gasteiger charge is 2.10. The SMILES string of the molecule is CCCn1ncnc1Cc1ccc2c(c1)NCCC2. The average molecular weight is 256 g/mol. The van der Waals surface area contributed by atoms with E-state index in [2.05, 4.69) is 40.5 Å². The predicted molar refractivity (Wildman–Crippen MR) is 76.4 cm³/mol. The molecule has 1 aromatic carbocycles. The standard InChI is InChI=1S/C15H20N4/c1-2-8-19-15(17-11-18-19)10-12-5-6-13-4-3-7-16-14(13)9-12/h5-6,9,11,16H,2-4,7-8,10H2,1H3. The van der Waals surface area contributed by atoms with Crippen LogP contribution in [-0.2, 0) is 19.4 Å². The van der Waals surface area contributed by atoms with E-state index < -0.39 is 0 Å². The molecule has 2 aromatic rings. The van der Waals surface area contributed by atoms with Crippen LogP contribution in [0.4, 0.5) is 5.69 Å². The molecule has 4 nitrogen and oxygen atoms in total. The monoisotopic (exact) mass is 256 g/mol. The fraction of sp³-hybridized carbons (Fsp3) is 0.467. The lowest BCUT2D eigenvalue weighted by Gasteiger charge is -2.18. The number of hydrogen-bond acceptors (Lipinski definition) is 3. The fourth-order valence-electron chi connectivity index (χ4n) is 2.62. The van der Waals surface area contributed by atoms with Gasteiger partial charge in [0.2, 0.25) is 0 Å². The minimum atomic E-state index is 0.856. The number of rotatable bonds is 4. The quantitative estimate of drug-likeness (QED) is 0.914. The second-order valence-corrected chi connectivity index (χ2v) is 5.10. The summed E-state index contributed by atoms with van der Waals surface area (Å²) in [5, 5.41) is 7.76. The van der Waals surface area contributed by atoms with Gasteiger partial charge >= 0.3 is 0 Å². The molecule has 3 rings (SSSR count). The minimum absolute atomic E-state index is 0.856. The predicted octanol–water partition coefficient (Wildman–Crippen LogP) is 2.64. The number of aromatic nitrogens is 3. The number of nitrogens with zero attached hydrogens (tertiary/aromatic N) is 3. The van der Waals surface area contributed by atoms with Crippen LogP contribution in [0.5, 0.6) is 0 Å². The lowest BCUT2D eigenvalue weighted by molar-refractivity contribution is 0.576. The van der Waals surface area contributed by atoms with Gasteiger partial charge in [-0.15, -0.1) is 0 Å². The van der Waals surface area contributed by atoms with E-state index in [0.29, 0.717) is 0 Å². The summed E-state index contributed by atoms with van der Waals surface area (Å²) < 4.78 is 2.01. The molecular formula is C15H20N4. The van der Waals surface area contributed by atoms with Gasteiger partial charge in [-0.25, -0.2) is 9.67 Å². The second kappa shape index (κ2) is 5.43. The Kier molecular flexibility index (Phi) is 3.49. The first-order chi connectivity index (χ1) is 9.36. The van der Waals surface area contributed by atoms with Crippen molar-refractivity contribution < 1.29 is 0 Å². The van der Waals surface area contributed by atoms with E-state index in [0.717, 1.165) is 31.8 Å². The van der Waals surface area contributed by atoms with E-state index in [1.165, 1.54) is 29.7 Å². The summed E-state index contributed by atoms with van der Waals surface area (Å²) in [6.45, 7) is 4.19. The van der Waals surface area contributed by atoms with Gasteiger partial charge in [-0.2, -0.15) is 5.10 Å². The van der Waals surface area contributed by atoms with Crippen LogP contribution in [0, 0.1) is 0 Å². The van der Waals surface area contributed by atoms with Crippen LogP contribution in [0.3, 0.4) is 0 Å². The molecule has 19 heavy (non-hydrogen) atoms. The third kappa shape index (κ3) is 2.62. The smallest absolute Gasteiger partial charge is 0.138 e. The van der Waals surface area contributed by atoms with Gasteiger partial charge in [-0.1, -0.05) is 19.1 Å². The molecule has 0 atom stereocenters. The highest BCUT2D eigenvalue weighted by Crippen LogP contribution is 2.24. The number of aryl methyl sites for hydroxylation is 2. The summed E-state index contributed by atoms with van der Waals surface area (Å²) in [6, 6.07) is 6.73. The third-order valence-electron chi connectivity index (χ3n) is 3.61. The highest BCUT2D eigenvalue weighted by atomic mass is 15.3. The van der Waals surface area contributed by atoms with Gasteiger partial charge < -0.3 is 5.32 Å². The van der Waals surface area contributed by atoms with Crippen molar-refractivity contribution in [2.45, 2.75) is 39.2 Å². The number of benzene rings is 1. The first-order valence-corrected chi connectivity index (χ1v) is 7.09. The van der Waals surface area contributed by atoms with E-state index in [1.807, 2.05) is 4.68 Å². The lowest BCUT2D eigenvalue weighted by Crippen LogP contribution is -2.12. The molecule has 0 spiro atoms. The molecule has 100 valence electrons. The molecule has 0 fully saturated rings. The molecule has 0 radical (unpaired) electrons. The molecule has 0 bridgehead atoms. The van der Waals surface area contributed by atoms with Crippen LogP contribution in [-0.4, -0.2) is 21.3 Å². The first kappa shape index (κ1) is 12.2. The second-order valence-electron chi connectivity index (χ2n) is 5.10. The van der Waals surface area contributed by atoms with Crippen molar-refractivity contribution in [2.75, 3.05) is 11.9 Å². The Balaban J connectivity index is 1.81. The van der Waals surface area contributed by atoms with Crippen molar-refractivity contribution in [2.24, 2.45) is 0 Å².